The van der Waals surface area contributed by atoms with E-state index in [1.807, 2.05) is 18.2 Å². The number of aromatic nitrogens is 1. The molecule has 2 aromatic heterocycles. The summed E-state index contributed by atoms with van der Waals surface area (Å²) in [6.45, 7) is -0.183. The molecule has 4 aliphatic rings. The van der Waals surface area contributed by atoms with Crippen molar-refractivity contribution in [3.05, 3.63) is 63.9 Å². The van der Waals surface area contributed by atoms with E-state index in [1.54, 1.807) is 17.5 Å². The molecule has 0 saturated heterocycles. The van der Waals surface area contributed by atoms with Gasteiger partial charge in [-0.2, -0.15) is 0 Å². The number of carbonyl (C=O) groups is 5. The average molecular weight is 632 g/mol. The first kappa shape index (κ1) is 30.7. The van der Waals surface area contributed by atoms with E-state index in [9.17, 15) is 28.8 Å². The number of thiophene rings is 1. The van der Waals surface area contributed by atoms with Gasteiger partial charge < -0.3 is 25.8 Å². The van der Waals surface area contributed by atoms with Crippen LogP contribution in [-0.4, -0.2) is 53.1 Å². The average Bonchev–Trinajstić information content (AvgIpc) is 3.46. The monoisotopic (exact) mass is 631 g/mol. The Hall–Kier alpha value is -4.32. The van der Waals surface area contributed by atoms with Gasteiger partial charge in [0.25, 0.3) is 17.4 Å². The number of Topliss-reactive ketones (excluding diaryl/α,β-unsaturated/α-hetero) is 1. The maximum atomic E-state index is 13.5. The Morgan fingerprint density at radius 2 is 1.67 bits per heavy atom. The van der Waals surface area contributed by atoms with Crippen LogP contribution in [0, 0.1) is 23.7 Å². The summed E-state index contributed by atoms with van der Waals surface area (Å²) < 4.78 is 2.15. The first-order valence-corrected chi connectivity index (χ1v) is 16.4. The zero-order valence-electron chi connectivity index (χ0n) is 25.0. The molecule has 1 atom stereocenters. The van der Waals surface area contributed by atoms with E-state index < -0.39 is 35.1 Å². The molecule has 236 valence electrons. The fourth-order valence-electron chi connectivity index (χ4n) is 7.71. The van der Waals surface area contributed by atoms with Crippen LogP contribution < -0.4 is 26.8 Å². The lowest BCUT2D eigenvalue weighted by atomic mass is 9.54. The Bertz CT molecular complexity index is 1680. The van der Waals surface area contributed by atoms with Crippen molar-refractivity contribution in [1.29, 1.82) is 0 Å². The second-order valence-electron chi connectivity index (χ2n) is 12.6. The molecule has 2 heterocycles. The van der Waals surface area contributed by atoms with Crippen molar-refractivity contribution in [1.82, 2.24) is 20.5 Å². The normalized spacial score (nSPS) is 23.7. The van der Waals surface area contributed by atoms with Gasteiger partial charge in [0, 0.05) is 41.2 Å². The number of hydrogen-bond donors (Lipinski definition) is 4. The fraction of sp³-hybridized carbons (Fsp3) is 0.455. The van der Waals surface area contributed by atoms with E-state index in [2.05, 4.69) is 21.3 Å². The van der Waals surface area contributed by atoms with Gasteiger partial charge in [-0.1, -0.05) is 18.2 Å². The molecule has 4 bridgehead atoms. The van der Waals surface area contributed by atoms with Gasteiger partial charge in [-0.25, -0.2) is 0 Å². The summed E-state index contributed by atoms with van der Waals surface area (Å²) in [5, 5.41) is 13.1. The van der Waals surface area contributed by atoms with E-state index in [-0.39, 0.29) is 37.0 Å². The third kappa shape index (κ3) is 6.56. The van der Waals surface area contributed by atoms with Crippen LogP contribution in [0.25, 0.3) is 10.1 Å². The molecule has 45 heavy (non-hydrogen) atoms. The number of fused-ring (bicyclic) bond motifs is 1. The first-order chi connectivity index (χ1) is 21.7. The molecule has 1 aromatic carbocycles. The molecule has 12 heteroatoms. The van der Waals surface area contributed by atoms with Crippen molar-refractivity contribution in [2.45, 2.75) is 63.6 Å². The molecule has 4 amide bonds. The van der Waals surface area contributed by atoms with Crippen LogP contribution in [0.2, 0.25) is 0 Å². The third-order valence-electron chi connectivity index (χ3n) is 9.63. The highest BCUT2D eigenvalue weighted by Gasteiger charge is 2.48. The Morgan fingerprint density at radius 3 is 2.38 bits per heavy atom. The maximum absolute atomic E-state index is 13.5. The molecule has 11 nitrogen and oxygen atoms in total. The zero-order chi connectivity index (χ0) is 31.7. The SMILES string of the molecule is CNC(=O)C(=O)CC[C@H](NC(=O)c1csc2ccccc12)C(=O)Nc1cccn(CC(=O)NC2C3CC4CC(C3)CC2C4)c1=O. The van der Waals surface area contributed by atoms with Crippen LogP contribution >= 0.6 is 11.3 Å². The van der Waals surface area contributed by atoms with Crippen LogP contribution in [0.1, 0.15) is 55.3 Å². The Kier molecular flexibility index (Phi) is 8.84. The molecule has 3 aromatic rings. The minimum absolute atomic E-state index is 0.0669. The van der Waals surface area contributed by atoms with Crippen LogP contribution in [0.4, 0.5) is 5.69 Å². The first-order valence-electron chi connectivity index (χ1n) is 15.5. The number of benzene rings is 1. The van der Waals surface area contributed by atoms with Gasteiger partial charge in [0.15, 0.2) is 0 Å². The molecular weight excluding hydrogens is 594 g/mol. The number of ketones is 1. The molecule has 7 rings (SSSR count). The van der Waals surface area contributed by atoms with Crippen molar-refractivity contribution in [3.8, 4) is 0 Å². The molecular formula is C33H37N5O6S. The quantitative estimate of drug-likeness (QED) is 0.239. The molecule has 4 saturated carbocycles. The molecule has 4 N–H and O–H groups in total. The number of carbonyl (C=O) groups excluding carboxylic acids is 5. The van der Waals surface area contributed by atoms with Crippen LogP contribution in [0.3, 0.4) is 0 Å². The van der Waals surface area contributed by atoms with Gasteiger partial charge in [0.05, 0.1) is 5.56 Å². The van der Waals surface area contributed by atoms with Crippen molar-refractivity contribution in [2.75, 3.05) is 12.4 Å². The summed E-state index contributed by atoms with van der Waals surface area (Å²) in [6, 6.07) is 9.26. The van der Waals surface area contributed by atoms with Gasteiger partial charge in [0.1, 0.15) is 18.3 Å². The number of nitrogens with zero attached hydrogens (tertiary/aromatic N) is 1. The number of amides is 4. The molecule has 0 radical (unpaired) electrons. The predicted octanol–water partition coefficient (Wildman–Crippen LogP) is 2.84. The lowest BCUT2D eigenvalue weighted by molar-refractivity contribution is -0.137. The summed E-state index contributed by atoms with van der Waals surface area (Å²) in [4.78, 5) is 77.1. The number of nitrogens with one attached hydrogen (secondary N) is 4. The number of anilines is 1. The number of hydrogen-bond acceptors (Lipinski definition) is 7. The summed E-state index contributed by atoms with van der Waals surface area (Å²) in [5.74, 6) is -0.456. The van der Waals surface area contributed by atoms with E-state index in [0.717, 1.165) is 47.6 Å². The highest BCUT2D eigenvalue weighted by molar-refractivity contribution is 7.17. The Morgan fingerprint density at radius 1 is 0.956 bits per heavy atom. The summed E-state index contributed by atoms with van der Waals surface area (Å²) in [6.07, 6.45) is 7.00. The predicted molar refractivity (Wildman–Crippen MR) is 170 cm³/mol. The molecule has 0 unspecified atom stereocenters. The minimum atomic E-state index is -1.22. The van der Waals surface area contributed by atoms with E-state index in [4.69, 9.17) is 0 Å². The van der Waals surface area contributed by atoms with Gasteiger partial charge in [-0.3, -0.25) is 28.8 Å². The van der Waals surface area contributed by atoms with Crippen molar-refractivity contribution in [2.24, 2.45) is 23.7 Å². The van der Waals surface area contributed by atoms with Crippen LogP contribution in [0.15, 0.2) is 52.8 Å². The van der Waals surface area contributed by atoms with Crippen molar-refractivity contribution in [3.63, 3.8) is 0 Å². The number of pyridine rings is 1. The van der Waals surface area contributed by atoms with Crippen LogP contribution in [0.5, 0.6) is 0 Å². The van der Waals surface area contributed by atoms with Crippen LogP contribution in [-0.2, 0) is 25.7 Å². The third-order valence-corrected chi connectivity index (χ3v) is 10.6. The number of rotatable bonds is 11. The standard InChI is InChI=1S/C33H37N5O6S/c1-34-32(43)26(39)9-8-24(35-30(41)23-17-45-27-7-3-2-5-22(23)27)31(42)36-25-6-4-10-38(33(25)44)16-28(40)37-29-20-12-18-11-19(14-20)15-21(29)13-18/h2-7,10,17-21,24,29H,8-9,11-16H2,1H3,(H,34,43)(H,35,41)(H,36,42)(H,37,40)/t18?,19?,20?,21?,24-,29?/m0/s1. The highest BCUT2D eigenvalue weighted by atomic mass is 32.1. The van der Waals surface area contributed by atoms with E-state index in [0.29, 0.717) is 17.4 Å². The molecule has 0 aliphatic heterocycles. The van der Waals surface area contributed by atoms with Crippen molar-refractivity contribution >= 4 is 56.5 Å². The maximum Gasteiger partial charge on any atom is 0.287 e. The molecule has 0 spiro atoms. The second-order valence-corrected chi connectivity index (χ2v) is 13.5. The molecule has 4 fully saturated rings. The van der Waals surface area contributed by atoms with Gasteiger partial charge >= 0.3 is 0 Å². The second kappa shape index (κ2) is 13.0. The largest absolute Gasteiger partial charge is 0.353 e. The Balaban J connectivity index is 1.14. The number of likely N-dealkylation sites (N-methyl/N-ethyl adjacent to an activating group) is 1. The lowest BCUT2D eigenvalue weighted by Gasteiger charge is -2.54. The zero-order valence-corrected chi connectivity index (χ0v) is 25.9. The summed E-state index contributed by atoms with van der Waals surface area (Å²) in [7, 11) is 1.33. The summed E-state index contributed by atoms with van der Waals surface area (Å²) in [5.41, 5.74) is -0.262. The topological polar surface area (TPSA) is 155 Å². The van der Waals surface area contributed by atoms with Gasteiger partial charge in [-0.05, 0) is 80.4 Å². The van der Waals surface area contributed by atoms with Gasteiger partial charge in [-0.15, -0.1) is 11.3 Å². The van der Waals surface area contributed by atoms with E-state index >= 15 is 0 Å². The molecule has 4 aliphatic carbocycles. The highest BCUT2D eigenvalue weighted by Crippen LogP contribution is 2.53. The Labute approximate surface area is 264 Å². The van der Waals surface area contributed by atoms with E-state index in [1.165, 1.54) is 41.6 Å². The summed E-state index contributed by atoms with van der Waals surface area (Å²) >= 11 is 1.39. The lowest BCUT2D eigenvalue weighted by Crippen LogP contribution is -2.56. The van der Waals surface area contributed by atoms with Crippen molar-refractivity contribution < 1.29 is 24.0 Å². The fourth-order valence-corrected chi connectivity index (χ4v) is 8.65. The van der Waals surface area contributed by atoms with Gasteiger partial charge in [0.2, 0.25) is 17.6 Å². The minimum Gasteiger partial charge on any atom is -0.353 e. The smallest absolute Gasteiger partial charge is 0.287 e.